The second kappa shape index (κ2) is 11.3. The Bertz CT molecular complexity index is 1620. The van der Waals surface area contributed by atoms with Crippen LogP contribution in [0.5, 0.6) is 0 Å². The highest BCUT2D eigenvalue weighted by Crippen LogP contribution is 2.31. The van der Waals surface area contributed by atoms with Crippen LogP contribution in [0.4, 0.5) is 13.9 Å². The lowest BCUT2D eigenvalue weighted by molar-refractivity contribution is 0.0987. The Hall–Kier alpha value is -3.54. The van der Waals surface area contributed by atoms with Crippen LogP contribution in [0.15, 0.2) is 76.7 Å². The standard InChI is InChI=1S/C28H26F2N4O3S2/c1-33(23-5-3-2-4-6-23)39(36,37)24-14-9-20(10-15-24)27(35)34(31-18-19-7-11-21(29)12-8-19)28-32-25-16-13-22(30)17-26(25)38-28/h7-18,23H,2-6H2,1H3/b31-18+. The molecule has 11 heteroatoms. The summed E-state index contributed by atoms with van der Waals surface area (Å²) in [5.74, 6) is -1.39. The average Bonchev–Trinajstić information content (AvgIpc) is 3.37. The Morgan fingerprint density at radius 2 is 1.64 bits per heavy atom. The Balaban J connectivity index is 1.45. The number of hydrogen-bond acceptors (Lipinski definition) is 6. The molecule has 39 heavy (non-hydrogen) atoms. The van der Waals surface area contributed by atoms with Crippen molar-refractivity contribution in [2.75, 3.05) is 12.1 Å². The summed E-state index contributed by atoms with van der Waals surface area (Å²) in [7, 11) is -2.12. The van der Waals surface area contributed by atoms with E-state index in [1.54, 1.807) is 7.05 Å². The quantitative estimate of drug-likeness (QED) is 0.196. The van der Waals surface area contributed by atoms with Crippen molar-refractivity contribution in [3.05, 3.63) is 89.5 Å². The lowest BCUT2D eigenvalue weighted by atomic mass is 9.96. The number of aromatic nitrogens is 1. The van der Waals surface area contributed by atoms with Crippen LogP contribution >= 0.6 is 11.3 Å². The van der Waals surface area contributed by atoms with Gasteiger partial charge in [-0.1, -0.05) is 42.7 Å². The maximum Gasteiger partial charge on any atom is 0.280 e. The first-order valence-corrected chi connectivity index (χ1v) is 14.8. The number of amides is 1. The molecule has 202 valence electrons. The summed E-state index contributed by atoms with van der Waals surface area (Å²) < 4.78 is 55.5. The van der Waals surface area contributed by atoms with Crippen LogP contribution in [0.25, 0.3) is 10.2 Å². The van der Waals surface area contributed by atoms with Crippen LogP contribution in [0.2, 0.25) is 0 Å². The molecule has 1 fully saturated rings. The van der Waals surface area contributed by atoms with Gasteiger partial charge in [0.2, 0.25) is 15.2 Å². The van der Waals surface area contributed by atoms with Crippen molar-refractivity contribution in [2.24, 2.45) is 5.10 Å². The predicted molar refractivity (Wildman–Crippen MR) is 149 cm³/mol. The van der Waals surface area contributed by atoms with Gasteiger partial charge in [0.1, 0.15) is 11.6 Å². The molecule has 0 atom stereocenters. The molecule has 1 saturated carbocycles. The minimum atomic E-state index is -3.72. The van der Waals surface area contributed by atoms with Crippen LogP contribution in [-0.4, -0.2) is 42.9 Å². The lowest BCUT2D eigenvalue weighted by Crippen LogP contribution is -2.38. The van der Waals surface area contributed by atoms with Gasteiger partial charge in [0.05, 0.1) is 21.3 Å². The van der Waals surface area contributed by atoms with E-state index in [1.165, 1.54) is 77.2 Å². The third-order valence-corrected chi connectivity index (χ3v) is 9.69. The largest absolute Gasteiger partial charge is 0.280 e. The van der Waals surface area contributed by atoms with Crippen molar-refractivity contribution in [2.45, 2.75) is 43.0 Å². The van der Waals surface area contributed by atoms with Gasteiger partial charge in [0.25, 0.3) is 5.91 Å². The number of benzene rings is 3. The third kappa shape index (κ3) is 5.90. The molecule has 1 aliphatic rings. The van der Waals surface area contributed by atoms with Gasteiger partial charge in [-0.15, -0.1) is 0 Å². The van der Waals surface area contributed by atoms with E-state index in [0.29, 0.717) is 15.8 Å². The number of carbonyl (C=O) groups excluding carboxylic acids is 1. The van der Waals surface area contributed by atoms with E-state index >= 15 is 0 Å². The smallest absolute Gasteiger partial charge is 0.267 e. The first-order valence-electron chi connectivity index (χ1n) is 12.5. The zero-order valence-electron chi connectivity index (χ0n) is 21.1. The Morgan fingerprint density at radius 3 is 2.33 bits per heavy atom. The number of rotatable bonds is 7. The van der Waals surface area contributed by atoms with Gasteiger partial charge in [-0.05, 0) is 73.0 Å². The van der Waals surface area contributed by atoms with E-state index < -0.39 is 27.6 Å². The van der Waals surface area contributed by atoms with Crippen LogP contribution in [0, 0.1) is 11.6 Å². The molecule has 4 aromatic rings. The molecule has 1 heterocycles. The molecular weight excluding hydrogens is 542 g/mol. The molecule has 0 N–H and O–H groups in total. The number of fused-ring (bicyclic) bond motifs is 1. The average molecular weight is 569 g/mol. The summed E-state index contributed by atoms with van der Waals surface area (Å²) >= 11 is 1.08. The number of carbonyl (C=O) groups is 1. The minimum absolute atomic E-state index is 0.0368. The third-order valence-electron chi connectivity index (χ3n) is 6.77. The van der Waals surface area contributed by atoms with Crippen molar-refractivity contribution in [1.82, 2.24) is 9.29 Å². The summed E-state index contributed by atoms with van der Waals surface area (Å²) in [5, 5.41) is 5.59. The molecule has 3 aromatic carbocycles. The van der Waals surface area contributed by atoms with Gasteiger partial charge in [0.15, 0.2) is 0 Å². The zero-order valence-corrected chi connectivity index (χ0v) is 22.8. The second-order valence-electron chi connectivity index (χ2n) is 9.36. The molecule has 1 aliphatic carbocycles. The maximum atomic E-state index is 13.8. The molecule has 0 saturated heterocycles. The summed E-state index contributed by atoms with van der Waals surface area (Å²) in [5.41, 5.74) is 1.24. The summed E-state index contributed by atoms with van der Waals surface area (Å²) in [6, 6.07) is 15.4. The van der Waals surface area contributed by atoms with E-state index in [4.69, 9.17) is 0 Å². The van der Waals surface area contributed by atoms with Crippen LogP contribution < -0.4 is 5.01 Å². The van der Waals surface area contributed by atoms with E-state index in [-0.39, 0.29) is 21.6 Å². The van der Waals surface area contributed by atoms with E-state index in [2.05, 4.69) is 10.1 Å². The first-order chi connectivity index (χ1) is 18.7. The van der Waals surface area contributed by atoms with Crippen molar-refractivity contribution >= 4 is 48.8 Å². The highest BCUT2D eigenvalue weighted by Gasteiger charge is 2.29. The fourth-order valence-corrected chi connectivity index (χ4v) is 6.90. The molecule has 7 nitrogen and oxygen atoms in total. The lowest BCUT2D eigenvalue weighted by Gasteiger charge is -2.30. The normalized spacial score (nSPS) is 14.9. The molecule has 0 bridgehead atoms. The summed E-state index contributed by atoms with van der Waals surface area (Å²) in [6.45, 7) is 0. The Labute approximate surface area is 229 Å². The van der Waals surface area contributed by atoms with Gasteiger partial charge in [-0.3, -0.25) is 4.79 Å². The molecule has 1 amide bonds. The number of nitrogens with zero attached hydrogens (tertiary/aromatic N) is 4. The van der Waals surface area contributed by atoms with Crippen LogP contribution in [0.1, 0.15) is 48.0 Å². The molecule has 0 spiro atoms. The van der Waals surface area contributed by atoms with Gasteiger partial charge < -0.3 is 0 Å². The van der Waals surface area contributed by atoms with Gasteiger partial charge >= 0.3 is 0 Å². The molecule has 0 radical (unpaired) electrons. The topological polar surface area (TPSA) is 82.9 Å². The Morgan fingerprint density at radius 1 is 0.974 bits per heavy atom. The van der Waals surface area contributed by atoms with Gasteiger partial charge in [-0.2, -0.15) is 14.4 Å². The maximum absolute atomic E-state index is 13.8. The van der Waals surface area contributed by atoms with Gasteiger partial charge in [-0.25, -0.2) is 22.2 Å². The highest BCUT2D eigenvalue weighted by atomic mass is 32.2. The fourth-order valence-electron chi connectivity index (χ4n) is 4.54. The fraction of sp³-hybridized carbons (Fsp3) is 0.250. The predicted octanol–water partition coefficient (Wildman–Crippen LogP) is 6.21. The van der Waals surface area contributed by atoms with Gasteiger partial charge in [0, 0.05) is 18.7 Å². The van der Waals surface area contributed by atoms with Crippen molar-refractivity contribution in [3.8, 4) is 0 Å². The monoisotopic (exact) mass is 568 g/mol. The van der Waals surface area contributed by atoms with Crippen LogP contribution in [-0.2, 0) is 10.0 Å². The number of hydrogen-bond donors (Lipinski definition) is 0. The van der Waals surface area contributed by atoms with Crippen molar-refractivity contribution in [3.63, 3.8) is 0 Å². The molecule has 0 unspecified atom stereocenters. The van der Waals surface area contributed by atoms with Crippen molar-refractivity contribution in [1.29, 1.82) is 0 Å². The number of thiazole rings is 1. The number of hydrazone groups is 1. The van der Waals surface area contributed by atoms with E-state index in [9.17, 15) is 22.0 Å². The number of halogens is 2. The Kier molecular flexibility index (Phi) is 7.83. The van der Waals surface area contributed by atoms with E-state index in [1.807, 2.05) is 0 Å². The molecule has 1 aromatic heterocycles. The number of sulfonamides is 1. The summed E-state index contributed by atoms with van der Waals surface area (Å²) in [4.78, 5) is 18.1. The molecule has 5 rings (SSSR count). The molecular formula is C28H26F2N4O3S2. The second-order valence-corrected chi connectivity index (χ2v) is 12.4. The first kappa shape index (κ1) is 27.0. The van der Waals surface area contributed by atoms with Crippen molar-refractivity contribution < 1.29 is 22.0 Å². The van der Waals surface area contributed by atoms with Crippen LogP contribution in [0.3, 0.4) is 0 Å². The minimum Gasteiger partial charge on any atom is -0.267 e. The van der Waals surface area contributed by atoms with E-state index in [0.717, 1.165) is 48.4 Å². The highest BCUT2D eigenvalue weighted by molar-refractivity contribution is 7.89. The molecule has 0 aliphatic heterocycles. The zero-order chi connectivity index (χ0) is 27.6. The SMILES string of the molecule is CN(C1CCCCC1)S(=O)(=O)c1ccc(C(=O)N(/N=C/c2ccc(F)cc2)c2nc3ccc(F)cc3s2)cc1. The number of anilines is 1. The summed E-state index contributed by atoms with van der Waals surface area (Å²) in [6.07, 6.45) is 6.18.